The highest BCUT2D eigenvalue weighted by Crippen LogP contribution is 2.17. The minimum absolute atomic E-state index is 0.413. The van der Waals surface area contributed by atoms with Crippen molar-refractivity contribution in [2.24, 2.45) is 0 Å². The second-order valence-electron chi connectivity index (χ2n) is 5.49. The lowest BCUT2D eigenvalue weighted by Gasteiger charge is -2.12. The largest absolute Gasteiger partial charge is 0.313 e. The van der Waals surface area contributed by atoms with E-state index in [2.05, 4.69) is 43.3 Å². The lowest BCUT2D eigenvalue weighted by Crippen LogP contribution is -2.15. The highest BCUT2D eigenvalue weighted by Gasteiger charge is 2.08. The SMILES string of the molecule is CCCNCc1cc(C(C)C)nc(-n2ccc(C)n2)c1. The van der Waals surface area contributed by atoms with E-state index in [-0.39, 0.29) is 0 Å². The van der Waals surface area contributed by atoms with Gasteiger partial charge in [-0.05, 0) is 49.6 Å². The van der Waals surface area contributed by atoms with Crippen LogP contribution in [0.25, 0.3) is 5.82 Å². The van der Waals surface area contributed by atoms with E-state index in [1.165, 1.54) is 5.56 Å². The number of aryl methyl sites for hydroxylation is 1. The molecule has 0 aliphatic rings. The van der Waals surface area contributed by atoms with Crippen molar-refractivity contribution < 1.29 is 0 Å². The van der Waals surface area contributed by atoms with E-state index in [0.717, 1.165) is 36.7 Å². The van der Waals surface area contributed by atoms with Crippen molar-refractivity contribution in [3.05, 3.63) is 41.3 Å². The van der Waals surface area contributed by atoms with Crippen molar-refractivity contribution in [3.63, 3.8) is 0 Å². The first-order valence-electron chi connectivity index (χ1n) is 7.34. The predicted molar refractivity (Wildman–Crippen MR) is 82.2 cm³/mol. The van der Waals surface area contributed by atoms with Gasteiger partial charge >= 0.3 is 0 Å². The van der Waals surface area contributed by atoms with Gasteiger partial charge in [0.25, 0.3) is 0 Å². The molecule has 108 valence electrons. The number of rotatable bonds is 6. The lowest BCUT2D eigenvalue weighted by molar-refractivity contribution is 0.670. The highest BCUT2D eigenvalue weighted by molar-refractivity contribution is 5.32. The Kier molecular flexibility index (Phi) is 4.90. The Bertz CT molecular complexity index is 557. The average Bonchev–Trinajstić information content (AvgIpc) is 2.85. The summed E-state index contributed by atoms with van der Waals surface area (Å²) >= 11 is 0. The van der Waals surface area contributed by atoms with E-state index < -0.39 is 0 Å². The van der Waals surface area contributed by atoms with E-state index >= 15 is 0 Å². The first-order chi connectivity index (χ1) is 9.60. The second kappa shape index (κ2) is 6.66. The van der Waals surface area contributed by atoms with Crippen LogP contribution in [0.15, 0.2) is 24.4 Å². The molecule has 2 rings (SSSR count). The van der Waals surface area contributed by atoms with Crippen LogP contribution in [0.4, 0.5) is 0 Å². The Hall–Kier alpha value is -1.68. The Morgan fingerprint density at radius 3 is 2.70 bits per heavy atom. The van der Waals surface area contributed by atoms with Gasteiger partial charge in [-0.1, -0.05) is 20.8 Å². The van der Waals surface area contributed by atoms with Crippen LogP contribution in [0.5, 0.6) is 0 Å². The van der Waals surface area contributed by atoms with Gasteiger partial charge in [-0.15, -0.1) is 0 Å². The normalized spacial score (nSPS) is 11.2. The van der Waals surface area contributed by atoms with Crippen LogP contribution in [-0.2, 0) is 6.54 Å². The highest BCUT2D eigenvalue weighted by atomic mass is 15.3. The summed E-state index contributed by atoms with van der Waals surface area (Å²) < 4.78 is 1.85. The molecule has 2 aromatic rings. The topological polar surface area (TPSA) is 42.7 Å². The van der Waals surface area contributed by atoms with Gasteiger partial charge in [0, 0.05) is 18.4 Å². The molecule has 0 saturated heterocycles. The number of nitrogens with zero attached hydrogens (tertiary/aromatic N) is 3. The number of aromatic nitrogens is 3. The van der Waals surface area contributed by atoms with E-state index in [4.69, 9.17) is 4.98 Å². The van der Waals surface area contributed by atoms with Crippen LogP contribution in [0, 0.1) is 6.92 Å². The molecular weight excluding hydrogens is 248 g/mol. The van der Waals surface area contributed by atoms with Crippen molar-refractivity contribution in [2.45, 2.75) is 46.6 Å². The first-order valence-corrected chi connectivity index (χ1v) is 7.34. The maximum Gasteiger partial charge on any atom is 0.153 e. The van der Waals surface area contributed by atoms with Gasteiger partial charge < -0.3 is 5.32 Å². The van der Waals surface area contributed by atoms with Gasteiger partial charge in [0.2, 0.25) is 0 Å². The summed E-state index contributed by atoms with van der Waals surface area (Å²) in [4.78, 5) is 4.72. The summed E-state index contributed by atoms with van der Waals surface area (Å²) in [7, 11) is 0. The fourth-order valence-corrected chi connectivity index (χ4v) is 2.06. The zero-order valence-corrected chi connectivity index (χ0v) is 12.8. The van der Waals surface area contributed by atoms with Gasteiger partial charge in [-0.25, -0.2) is 9.67 Å². The second-order valence-corrected chi connectivity index (χ2v) is 5.49. The molecule has 0 radical (unpaired) electrons. The Labute approximate surface area is 121 Å². The van der Waals surface area contributed by atoms with Gasteiger partial charge in [0.1, 0.15) is 0 Å². The Balaban J connectivity index is 2.30. The number of hydrogen-bond acceptors (Lipinski definition) is 3. The van der Waals surface area contributed by atoms with Crippen LogP contribution < -0.4 is 5.32 Å². The molecule has 0 aliphatic carbocycles. The van der Waals surface area contributed by atoms with Gasteiger partial charge in [-0.3, -0.25) is 0 Å². The molecule has 0 atom stereocenters. The third-order valence-corrected chi connectivity index (χ3v) is 3.20. The molecule has 2 aromatic heterocycles. The van der Waals surface area contributed by atoms with Crippen molar-refractivity contribution in [2.75, 3.05) is 6.54 Å². The van der Waals surface area contributed by atoms with E-state index in [0.29, 0.717) is 5.92 Å². The summed E-state index contributed by atoms with van der Waals surface area (Å²) in [6, 6.07) is 6.30. The summed E-state index contributed by atoms with van der Waals surface area (Å²) in [6.45, 7) is 10.4. The molecule has 0 spiro atoms. The van der Waals surface area contributed by atoms with Crippen LogP contribution in [0.2, 0.25) is 0 Å². The summed E-state index contributed by atoms with van der Waals surface area (Å²) in [6.07, 6.45) is 3.11. The Morgan fingerprint density at radius 2 is 2.10 bits per heavy atom. The molecular formula is C16H24N4. The van der Waals surface area contributed by atoms with Crippen LogP contribution in [0.3, 0.4) is 0 Å². The molecule has 2 heterocycles. The van der Waals surface area contributed by atoms with Crippen molar-refractivity contribution in [1.29, 1.82) is 0 Å². The minimum atomic E-state index is 0.413. The number of pyridine rings is 1. The quantitative estimate of drug-likeness (QED) is 0.821. The maximum absolute atomic E-state index is 4.72. The van der Waals surface area contributed by atoms with Crippen LogP contribution >= 0.6 is 0 Å². The average molecular weight is 272 g/mol. The van der Waals surface area contributed by atoms with Crippen molar-refractivity contribution >= 4 is 0 Å². The molecule has 0 fully saturated rings. The fourth-order valence-electron chi connectivity index (χ4n) is 2.06. The number of nitrogens with one attached hydrogen (secondary N) is 1. The van der Waals surface area contributed by atoms with Gasteiger partial charge in [0.05, 0.1) is 5.69 Å². The molecule has 1 N–H and O–H groups in total. The van der Waals surface area contributed by atoms with Crippen LogP contribution in [0.1, 0.15) is 50.1 Å². The van der Waals surface area contributed by atoms with E-state index in [9.17, 15) is 0 Å². The molecule has 0 unspecified atom stereocenters. The third kappa shape index (κ3) is 3.67. The zero-order chi connectivity index (χ0) is 14.5. The molecule has 0 aromatic carbocycles. The minimum Gasteiger partial charge on any atom is -0.313 e. The molecule has 4 nitrogen and oxygen atoms in total. The van der Waals surface area contributed by atoms with E-state index in [1.807, 2.05) is 23.9 Å². The predicted octanol–water partition coefficient (Wildman–Crippen LogP) is 3.20. The molecule has 20 heavy (non-hydrogen) atoms. The summed E-state index contributed by atoms with van der Waals surface area (Å²) in [5, 5.41) is 7.90. The Morgan fingerprint density at radius 1 is 1.30 bits per heavy atom. The maximum atomic E-state index is 4.72. The third-order valence-electron chi connectivity index (χ3n) is 3.20. The smallest absolute Gasteiger partial charge is 0.153 e. The monoisotopic (exact) mass is 272 g/mol. The van der Waals surface area contributed by atoms with E-state index in [1.54, 1.807) is 0 Å². The van der Waals surface area contributed by atoms with Gasteiger partial charge in [0.15, 0.2) is 5.82 Å². The standard InChI is InChI=1S/C16H24N4/c1-5-7-17-11-14-9-15(12(2)3)18-16(10-14)20-8-6-13(4)19-20/h6,8-10,12,17H,5,7,11H2,1-4H3. The lowest BCUT2D eigenvalue weighted by atomic mass is 10.1. The van der Waals surface area contributed by atoms with Gasteiger partial charge in [-0.2, -0.15) is 5.10 Å². The molecule has 0 aliphatic heterocycles. The molecule has 0 saturated carbocycles. The fraction of sp³-hybridized carbons (Fsp3) is 0.500. The summed E-state index contributed by atoms with van der Waals surface area (Å²) in [5.74, 6) is 1.31. The first kappa shape index (κ1) is 14.7. The molecule has 0 bridgehead atoms. The van der Waals surface area contributed by atoms with Crippen molar-refractivity contribution in [3.8, 4) is 5.82 Å². The number of hydrogen-bond donors (Lipinski definition) is 1. The zero-order valence-electron chi connectivity index (χ0n) is 12.8. The molecule has 4 heteroatoms. The van der Waals surface area contributed by atoms with Crippen molar-refractivity contribution in [1.82, 2.24) is 20.1 Å². The van der Waals surface area contributed by atoms with Crippen LogP contribution in [-0.4, -0.2) is 21.3 Å². The molecule has 0 amide bonds. The summed E-state index contributed by atoms with van der Waals surface area (Å²) in [5.41, 5.74) is 3.39.